The van der Waals surface area contributed by atoms with Crippen molar-refractivity contribution in [1.82, 2.24) is 15.0 Å². The maximum absolute atomic E-state index is 5.75. The molecule has 1 atom stereocenters. The molecule has 0 bridgehead atoms. The largest absolute Gasteiger partial charge is 0.323 e. The van der Waals surface area contributed by atoms with Crippen LogP contribution in [0.1, 0.15) is 35.3 Å². The summed E-state index contributed by atoms with van der Waals surface area (Å²) in [5.74, 6) is 0. The molecule has 2 rings (SSSR count). The summed E-state index contributed by atoms with van der Waals surface area (Å²) in [5.41, 5.74) is 10.4. The molecule has 2 aromatic rings. The van der Waals surface area contributed by atoms with E-state index in [-0.39, 0.29) is 6.04 Å². The van der Waals surface area contributed by atoms with Crippen LogP contribution >= 0.6 is 0 Å². The molecule has 0 aliphatic heterocycles. The van der Waals surface area contributed by atoms with Crippen LogP contribution in [0, 0.1) is 13.8 Å². The Morgan fingerprint density at radius 2 is 2.06 bits per heavy atom. The van der Waals surface area contributed by atoms with Crippen molar-refractivity contribution in [3.63, 3.8) is 0 Å². The lowest BCUT2D eigenvalue weighted by molar-refractivity contribution is 0.648. The maximum Gasteiger partial charge on any atom is 0.0991 e. The summed E-state index contributed by atoms with van der Waals surface area (Å²) < 4.78 is 1.82. The number of rotatable bonds is 3. The Morgan fingerprint density at radius 3 is 2.65 bits per heavy atom. The molecule has 0 spiro atoms. The highest BCUT2D eigenvalue weighted by molar-refractivity contribution is 5.29. The summed E-state index contributed by atoms with van der Waals surface area (Å²) >= 11 is 0. The van der Waals surface area contributed by atoms with Crippen LogP contribution in [-0.2, 0) is 6.54 Å². The van der Waals surface area contributed by atoms with Crippen molar-refractivity contribution in [2.24, 2.45) is 5.73 Å². The maximum atomic E-state index is 5.75. The van der Waals surface area contributed by atoms with E-state index in [9.17, 15) is 0 Å². The fourth-order valence-corrected chi connectivity index (χ4v) is 1.69. The Kier molecular flexibility index (Phi) is 3.24. The first-order chi connectivity index (χ1) is 8.06. The normalized spacial score (nSPS) is 12.7. The van der Waals surface area contributed by atoms with Gasteiger partial charge in [0.15, 0.2) is 0 Å². The number of aromatic nitrogens is 3. The number of aryl methyl sites for hydroxylation is 2. The summed E-state index contributed by atoms with van der Waals surface area (Å²) in [6.45, 7) is 6.88. The molecule has 0 fully saturated rings. The van der Waals surface area contributed by atoms with Gasteiger partial charge in [0, 0.05) is 6.04 Å². The molecule has 17 heavy (non-hydrogen) atoms. The molecular weight excluding hydrogens is 212 g/mol. The van der Waals surface area contributed by atoms with E-state index < -0.39 is 0 Å². The Bertz CT molecular complexity index is 514. The van der Waals surface area contributed by atoms with Gasteiger partial charge in [-0.15, -0.1) is 5.10 Å². The third-order valence-electron chi connectivity index (χ3n) is 2.94. The zero-order chi connectivity index (χ0) is 12.4. The molecule has 0 saturated heterocycles. The molecule has 1 aromatic carbocycles. The van der Waals surface area contributed by atoms with Crippen molar-refractivity contribution in [3.8, 4) is 0 Å². The molecule has 0 saturated carbocycles. The molecule has 1 unspecified atom stereocenters. The van der Waals surface area contributed by atoms with E-state index in [0.717, 1.165) is 12.2 Å². The minimum absolute atomic E-state index is 0.0662. The van der Waals surface area contributed by atoms with Gasteiger partial charge in [-0.05, 0) is 37.5 Å². The van der Waals surface area contributed by atoms with Crippen LogP contribution in [0.3, 0.4) is 0 Å². The molecule has 0 aliphatic carbocycles. The molecule has 90 valence electrons. The molecular formula is C13H18N4. The molecule has 1 aromatic heterocycles. The van der Waals surface area contributed by atoms with E-state index in [2.05, 4.69) is 42.4 Å². The second-order valence-corrected chi connectivity index (χ2v) is 4.55. The van der Waals surface area contributed by atoms with Crippen LogP contribution in [0.15, 0.2) is 24.4 Å². The molecule has 0 amide bonds. The van der Waals surface area contributed by atoms with Gasteiger partial charge < -0.3 is 5.73 Å². The first-order valence-corrected chi connectivity index (χ1v) is 5.78. The number of nitrogens with zero attached hydrogens (tertiary/aromatic N) is 3. The number of hydrogen-bond donors (Lipinski definition) is 1. The first-order valence-electron chi connectivity index (χ1n) is 5.78. The fraction of sp³-hybridized carbons (Fsp3) is 0.385. The lowest BCUT2D eigenvalue weighted by Crippen LogP contribution is -2.05. The summed E-state index contributed by atoms with van der Waals surface area (Å²) in [6.07, 6.45) is 1.90. The zero-order valence-corrected chi connectivity index (χ0v) is 10.5. The lowest BCUT2D eigenvalue weighted by Gasteiger charge is -2.04. The van der Waals surface area contributed by atoms with Gasteiger partial charge in [-0.1, -0.05) is 23.4 Å². The van der Waals surface area contributed by atoms with Crippen LogP contribution in [0.5, 0.6) is 0 Å². The molecule has 2 N–H and O–H groups in total. The second-order valence-electron chi connectivity index (χ2n) is 4.55. The monoisotopic (exact) mass is 230 g/mol. The van der Waals surface area contributed by atoms with Gasteiger partial charge in [-0.25, -0.2) is 4.68 Å². The van der Waals surface area contributed by atoms with Crippen LogP contribution in [0.25, 0.3) is 0 Å². The average molecular weight is 230 g/mol. The van der Waals surface area contributed by atoms with Crippen molar-refractivity contribution in [1.29, 1.82) is 0 Å². The molecule has 0 aliphatic rings. The Hall–Kier alpha value is -1.68. The predicted molar refractivity (Wildman–Crippen MR) is 67.6 cm³/mol. The second kappa shape index (κ2) is 4.67. The fourth-order valence-electron chi connectivity index (χ4n) is 1.69. The van der Waals surface area contributed by atoms with Crippen LogP contribution in [0.2, 0.25) is 0 Å². The van der Waals surface area contributed by atoms with Gasteiger partial charge in [0.1, 0.15) is 0 Å². The molecule has 0 radical (unpaired) electrons. The smallest absolute Gasteiger partial charge is 0.0991 e. The Balaban J connectivity index is 2.16. The number of nitrogens with two attached hydrogens (primary N) is 1. The highest BCUT2D eigenvalue weighted by atomic mass is 15.4. The average Bonchev–Trinajstić information content (AvgIpc) is 2.72. The van der Waals surface area contributed by atoms with E-state index in [1.165, 1.54) is 16.7 Å². The van der Waals surface area contributed by atoms with Crippen LogP contribution < -0.4 is 5.73 Å². The van der Waals surface area contributed by atoms with Gasteiger partial charge in [0.05, 0.1) is 18.4 Å². The van der Waals surface area contributed by atoms with Gasteiger partial charge in [-0.2, -0.15) is 0 Å². The number of benzene rings is 1. The van der Waals surface area contributed by atoms with Crippen molar-refractivity contribution in [2.75, 3.05) is 0 Å². The van der Waals surface area contributed by atoms with E-state index in [4.69, 9.17) is 5.73 Å². The van der Waals surface area contributed by atoms with Gasteiger partial charge in [0.25, 0.3) is 0 Å². The third-order valence-corrected chi connectivity index (χ3v) is 2.94. The van der Waals surface area contributed by atoms with Crippen LogP contribution in [0.4, 0.5) is 0 Å². The summed E-state index contributed by atoms with van der Waals surface area (Å²) in [7, 11) is 0. The van der Waals surface area contributed by atoms with Gasteiger partial charge in [0.2, 0.25) is 0 Å². The summed E-state index contributed by atoms with van der Waals surface area (Å²) in [5, 5.41) is 8.11. The zero-order valence-electron chi connectivity index (χ0n) is 10.5. The van der Waals surface area contributed by atoms with Gasteiger partial charge in [-0.3, -0.25) is 0 Å². The molecule has 4 heteroatoms. The summed E-state index contributed by atoms with van der Waals surface area (Å²) in [6, 6.07) is 6.37. The van der Waals surface area contributed by atoms with E-state index >= 15 is 0 Å². The van der Waals surface area contributed by atoms with Crippen molar-refractivity contribution in [2.45, 2.75) is 33.4 Å². The highest BCUT2D eigenvalue weighted by Gasteiger charge is 2.05. The lowest BCUT2D eigenvalue weighted by atomic mass is 10.1. The topological polar surface area (TPSA) is 56.7 Å². The first kappa shape index (κ1) is 11.8. The van der Waals surface area contributed by atoms with E-state index in [1.807, 2.05) is 17.8 Å². The SMILES string of the molecule is Cc1ccc(Cn2cc(C(C)N)nn2)cc1C. The standard InChI is InChI=1S/C13H18N4/c1-9-4-5-12(6-10(9)2)7-17-8-13(11(3)14)15-16-17/h4-6,8,11H,7,14H2,1-3H3. The van der Waals surface area contributed by atoms with E-state index in [0.29, 0.717) is 0 Å². The molecule has 4 nitrogen and oxygen atoms in total. The van der Waals surface area contributed by atoms with Crippen molar-refractivity contribution >= 4 is 0 Å². The minimum Gasteiger partial charge on any atom is -0.323 e. The number of hydrogen-bond acceptors (Lipinski definition) is 3. The minimum atomic E-state index is -0.0662. The van der Waals surface area contributed by atoms with E-state index in [1.54, 1.807) is 0 Å². The highest BCUT2D eigenvalue weighted by Crippen LogP contribution is 2.11. The van der Waals surface area contributed by atoms with Crippen molar-refractivity contribution < 1.29 is 0 Å². The predicted octanol–water partition coefficient (Wildman–Crippen LogP) is 1.96. The van der Waals surface area contributed by atoms with Crippen LogP contribution in [-0.4, -0.2) is 15.0 Å². The van der Waals surface area contributed by atoms with Crippen molar-refractivity contribution in [3.05, 3.63) is 46.8 Å². The Morgan fingerprint density at radius 1 is 1.29 bits per heavy atom. The molecule has 1 heterocycles. The summed E-state index contributed by atoms with van der Waals surface area (Å²) in [4.78, 5) is 0. The quantitative estimate of drug-likeness (QED) is 0.877. The Labute approximate surface area is 101 Å². The van der Waals surface area contributed by atoms with Gasteiger partial charge >= 0.3 is 0 Å². The third kappa shape index (κ3) is 2.71.